The molecule has 68 heavy (non-hydrogen) atoms. The molecule has 0 saturated carbocycles. The number of amides is 4. The van der Waals surface area contributed by atoms with Gasteiger partial charge in [0.05, 0.1) is 44.9 Å². The molecule has 5 aromatic rings. The highest BCUT2D eigenvalue weighted by Crippen LogP contribution is 2.44. The standard InChI is InChI=1S/C43H48N8O7.C3H8.C2H6O.2C2H2/c1-5-16-50(38(52)22-45-42(54)56-3)23-36-44-21-34(47-36)28-12-14-30-29(18-28)25-58-35-20-31-27(19-32(30)35)13-15-33-40(31)48-37(46-33)24-51(17-6-2)41(53)39(49-43(55)57-4)26-10-8-7-9-11-26;2*1-3-2;2*1-2/h7-12,14,18-21,39H,5-6,13,15-17,22-25H2,1-4H3,(H,44,47)(H,45,54)(H,46,48)(H,49,55);3H2,1-2H3;1-2H3;2*1-2H/t39-;;;;/m1..../s1. The van der Waals surface area contributed by atoms with E-state index < -0.39 is 18.2 Å². The SMILES string of the molecule is C#C.C#C.CCC.CCCN(Cc1ncc(-c2ccc3c(c2)COc2cc4c(cc2-3)CCc2[nH]c(CN(CCC)C(=O)[C@H](NC(=O)OC)c3ccccc3)nc2-4)[nH]1)C(=O)CNC(=O)OC.COC. The fourth-order valence-corrected chi connectivity index (χ4v) is 7.56. The van der Waals surface area contributed by atoms with E-state index in [1.165, 1.54) is 26.2 Å². The number of ether oxygens (including phenoxy) is 4. The van der Waals surface area contributed by atoms with Crippen LogP contribution in [0.5, 0.6) is 5.75 Å². The number of fused-ring (bicyclic) bond motifs is 6. The summed E-state index contributed by atoms with van der Waals surface area (Å²) in [6.45, 7) is 10.00. The van der Waals surface area contributed by atoms with Crippen LogP contribution in [0.3, 0.4) is 0 Å². The lowest BCUT2D eigenvalue weighted by atomic mass is 9.86. The Morgan fingerprint density at radius 3 is 2.06 bits per heavy atom. The summed E-state index contributed by atoms with van der Waals surface area (Å²) in [6.07, 6.45) is 20.7. The van der Waals surface area contributed by atoms with Crippen LogP contribution in [0.25, 0.3) is 33.6 Å². The highest BCUT2D eigenvalue weighted by Gasteiger charge is 2.30. The number of methoxy groups -OCH3 is 3. The van der Waals surface area contributed by atoms with E-state index in [9.17, 15) is 19.2 Å². The molecule has 4 N–H and O–H groups in total. The van der Waals surface area contributed by atoms with Crippen molar-refractivity contribution in [2.45, 2.75) is 85.5 Å². The minimum atomic E-state index is -0.909. The lowest BCUT2D eigenvalue weighted by Gasteiger charge is -2.27. The molecule has 1 aliphatic heterocycles. The average Bonchev–Trinajstić information content (AvgIpc) is 4.02. The summed E-state index contributed by atoms with van der Waals surface area (Å²) in [6, 6.07) is 18.8. The molecule has 0 fully saturated rings. The summed E-state index contributed by atoms with van der Waals surface area (Å²) in [5, 5.41) is 5.16. The third kappa shape index (κ3) is 14.5. The Labute approximate surface area is 400 Å². The molecule has 1 atom stereocenters. The number of hydrogen-bond acceptors (Lipinski definition) is 10. The molecule has 0 bridgehead atoms. The quantitative estimate of drug-likeness (QED) is 0.0789. The van der Waals surface area contributed by atoms with Gasteiger partial charge in [-0.2, -0.15) is 0 Å². The number of benzene rings is 3. The van der Waals surface area contributed by atoms with Gasteiger partial charge in [-0.3, -0.25) is 9.59 Å². The minimum Gasteiger partial charge on any atom is -0.488 e. The summed E-state index contributed by atoms with van der Waals surface area (Å²) in [5.41, 5.74) is 9.65. The molecule has 0 spiro atoms. The number of nitrogens with zero attached hydrogens (tertiary/aromatic N) is 4. The maximum Gasteiger partial charge on any atom is 0.407 e. The zero-order valence-electron chi connectivity index (χ0n) is 40.6. The summed E-state index contributed by atoms with van der Waals surface area (Å²) >= 11 is 0. The number of aryl methyl sites for hydroxylation is 2. The van der Waals surface area contributed by atoms with Crippen molar-refractivity contribution in [1.82, 2.24) is 40.4 Å². The van der Waals surface area contributed by atoms with E-state index >= 15 is 0 Å². The Hall–Kier alpha value is -7.56. The Morgan fingerprint density at radius 2 is 1.41 bits per heavy atom. The third-order valence-electron chi connectivity index (χ3n) is 10.4. The molecular weight excluding hydrogens is 865 g/mol. The zero-order valence-corrected chi connectivity index (χ0v) is 40.6. The first-order valence-electron chi connectivity index (χ1n) is 22.4. The molecule has 16 heteroatoms. The third-order valence-corrected chi connectivity index (χ3v) is 10.4. The molecule has 0 unspecified atom stereocenters. The van der Waals surface area contributed by atoms with Crippen LogP contribution in [0.4, 0.5) is 9.59 Å². The smallest absolute Gasteiger partial charge is 0.407 e. The van der Waals surface area contributed by atoms with Crippen molar-refractivity contribution >= 4 is 24.0 Å². The normalized spacial score (nSPS) is 11.5. The van der Waals surface area contributed by atoms with E-state index in [0.717, 1.165) is 76.3 Å². The second-order valence-corrected chi connectivity index (χ2v) is 15.4. The molecule has 4 amide bonds. The Bertz CT molecular complexity index is 2430. The van der Waals surface area contributed by atoms with Crippen molar-refractivity contribution in [3.05, 3.63) is 101 Å². The second kappa shape index (κ2) is 28.5. The summed E-state index contributed by atoms with van der Waals surface area (Å²) < 4.78 is 20.1. The van der Waals surface area contributed by atoms with Crippen molar-refractivity contribution in [3.8, 4) is 65.1 Å². The van der Waals surface area contributed by atoms with Gasteiger partial charge < -0.3 is 49.3 Å². The molecule has 2 aliphatic rings. The fraction of sp³-hybridized carbons (Fsp3) is 0.385. The second-order valence-electron chi connectivity index (χ2n) is 15.4. The van der Waals surface area contributed by atoms with Gasteiger partial charge in [-0.1, -0.05) is 76.6 Å². The summed E-state index contributed by atoms with van der Waals surface area (Å²) in [4.78, 5) is 70.4. The summed E-state index contributed by atoms with van der Waals surface area (Å²) in [5.74, 6) is 1.61. The van der Waals surface area contributed by atoms with E-state index in [1.54, 1.807) is 30.2 Å². The number of imidazole rings is 2. The lowest BCUT2D eigenvalue weighted by molar-refractivity contribution is -0.134. The van der Waals surface area contributed by atoms with Crippen LogP contribution in [0.15, 0.2) is 66.9 Å². The van der Waals surface area contributed by atoms with Gasteiger partial charge in [0.25, 0.3) is 0 Å². The predicted octanol–water partition coefficient (Wildman–Crippen LogP) is 8.23. The zero-order chi connectivity index (χ0) is 50.2. The van der Waals surface area contributed by atoms with Gasteiger partial charge in [-0.05, 0) is 71.7 Å². The van der Waals surface area contributed by atoms with Crippen LogP contribution in [-0.4, -0.2) is 102 Å². The van der Waals surface area contributed by atoms with Crippen LogP contribution < -0.4 is 15.4 Å². The number of rotatable bonds is 14. The van der Waals surface area contributed by atoms with Gasteiger partial charge in [-0.25, -0.2) is 19.6 Å². The van der Waals surface area contributed by atoms with Crippen LogP contribution in [0.2, 0.25) is 0 Å². The van der Waals surface area contributed by atoms with E-state index in [1.807, 2.05) is 44.2 Å². The maximum absolute atomic E-state index is 14.0. The van der Waals surface area contributed by atoms with Crippen LogP contribution >= 0.6 is 0 Å². The molecule has 1 aliphatic carbocycles. The van der Waals surface area contributed by atoms with Crippen LogP contribution in [-0.2, 0) is 56.3 Å². The molecule has 2 aromatic heterocycles. The topological polar surface area (TPSA) is 193 Å². The summed E-state index contributed by atoms with van der Waals surface area (Å²) in [7, 11) is 5.78. The molecule has 7 rings (SSSR count). The number of nitrogens with one attached hydrogen (secondary N) is 4. The first kappa shape index (κ1) is 54.8. The van der Waals surface area contributed by atoms with Gasteiger partial charge in [0.15, 0.2) is 0 Å². The molecular formula is C52H66N8O8. The minimum absolute atomic E-state index is 0.158. The van der Waals surface area contributed by atoms with Gasteiger partial charge in [0, 0.05) is 44.1 Å². The number of carbonyl (C=O) groups excluding carboxylic acids is 4. The van der Waals surface area contributed by atoms with Gasteiger partial charge in [0.2, 0.25) is 11.8 Å². The van der Waals surface area contributed by atoms with Crippen LogP contribution in [0, 0.1) is 25.7 Å². The van der Waals surface area contributed by atoms with E-state index in [4.69, 9.17) is 14.5 Å². The highest BCUT2D eigenvalue weighted by molar-refractivity contribution is 5.87. The van der Waals surface area contributed by atoms with Crippen molar-refractivity contribution in [2.75, 3.05) is 48.1 Å². The molecule has 3 aromatic carbocycles. The molecule has 16 nitrogen and oxygen atoms in total. The molecule has 0 saturated heterocycles. The predicted molar refractivity (Wildman–Crippen MR) is 264 cm³/mol. The molecule has 3 heterocycles. The average molecular weight is 931 g/mol. The first-order valence-corrected chi connectivity index (χ1v) is 22.4. The van der Waals surface area contributed by atoms with Crippen molar-refractivity contribution in [3.63, 3.8) is 0 Å². The largest absolute Gasteiger partial charge is 0.488 e. The Balaban J connectivity index is 0.00000114. The van der Waals surface area contributed by atoms with Crippen molar-refractivity contribution < 1.29 is 38.1 Å². The number of hydrogen-bond donors (Lipinski definition) is 4. The van der Waals surface area contributed by atoms with Crippen molar-refractivity contribution in [1.29, 1.82) is 0 Å². The Morgan fingerprint density at radius 1 is 0.765 bits per heavy atom. The number of terminal acetylenes is 2. The number of carbonyl (C=O) groups is 4. The van der Waals surface area contributed by atoms with E-state index in [0.29, 0.717) is 36.9 Å². The van der Waals surface area contributed by atoms with E-state index in [-0.39, 0.29) is 31.4 Å². The number of H-pyrrole nitrogens is 2. The lowest BCUT2D eigenvalue weighted by Crippen LogP contribution is -2.43. The fourth-order valence-electron chi connectivity index (χ4n) is 7.56. The van der Waals surface area contributed by atoms with Crippen LogP contribution in [0.1, 0.15) is 87.0 Å². The van der Waals surface area contributed by atoms with Crippen molar-refractivity contribution in [2.24, 2.45) is 0 Å². The monoisotopic (exact) mass is 931 g/mol. The number of alkyl carbamates (subject to hydrolysis) is 2. The van der Waals surface area contributed by atoms with Gasteiger partial charge in [-0.15, -0.1) is 25.7 Å². The maximum atomic E-state index is 14.0. The highest BCUT2D eigenvalue weighted by atomic mass is 16.5. The first-order chi connectivity index (χ1) is 33.0. The van der Waals surface area contributed by atoms with Gasteiger partial charge >= 0.3 is 12.2 Å². The molecule has 362 valence electrons. The molecule has 0 radical (unpaired) electrons. The Kier molecular flexibility index (Phi) is 22.9. The van der Waals surface area contributed by atoms with E-state index in [2.05, 4.69) is 105 Å². The number of aromatic nitrogens is 4. The van der Waals surface area contributed by atoms with Gasteiger partial charge in [0.1, 0.15) is 36.6 Å². The number of aromatic amines is 2.